The van der Waals surface area contributed by atoms with E-state index >= 15 is 0 Å². The largest absolute Gasteiger partial charge is 0.476 e. The Kier molecular flexibility index (Phi) is 5.69. The van der Waals surface area contributed by atoms with Gasteiger partial charge in [0.2, 0.25) is 5.91 Å². The summed E-state index contributed by atoms with van der Waals surface area (Å²) in [6.07, 6.45) is 1.16. The molecule has 2 heterocycles. The first-order chi connectivity index (χ1) is 13.3. The molecule has 1 aliphatic rings. The highest BCUT2D eigenvalue weighted by Crippen LogP contribution is 2.16. The molecule has 1 aromatic carbocycles. The SMILES string of the molecule is CC1CN(C(=O)c2ccc(NC(=O)Cn3cc(C(=O)O)nn3)cc2)CC(C)O1. The molecule has 2 amide bonds. The Bertz CT molecular complexity index is 869. The van der Waals surface area contributed by atoms with Crippen molar-refractivity contribution in [2.24, 2.45) is 0 Å². The molecule has 3 rings (SSSR count). The second kappa shape index (κ2) is 8.17. The highest BCUT2D eigenvalue weighted by atomic mass is 16.5. The maximum atomic E-state index is 12.6. The molecule has 10 heteroatoms. The lowest BCUT2D eigenvalue weighted by Crippen LogP contribution is -2.48. The number of aromatic carboxylic acids is 1. The van der Waals surface area contributed by atoms with E-state index in [1.54, 1.807) is 29.2 Å². The number of nitrogens with one attached hydrogen (secondary N) is 1. The third kappa shape index (κ3) is 4.71. The Morgan fingerprint density at radius 2 is 1.82 bits per heavy atom. The Hall–Kier alpha value is -3.27. The Morgan fingerprint density at radius 3 is 2.39 bits per heavy atom. The molecule has 2 unspecified atom stereocenters. The fourth-order valence-corrected chi connectivity index (χ4v) is 3.04. The van der Waals surface area contributed by atoms with Gasteiger partial charge in [0.05, 0.1) is 18.4 Å². The summed E-state index contributed by atoms with van der Waals surface area (Å²) in [6.45, 7) is 4.77. The molecule has 2 N–H and O–H groups in total. The minimum atomic E-state index is -1.21. The molecular formula is C18H21N5O5. The maximum Gasteiger partial charge on any atom is 0.358 e. The number of carboxylic acids is 1. The van der Waals surface area contributed by atoms with E-state index in [4.69, 9.17) is 9.84 Å². The maximum absolute atomic E-state index is 12.6. The van der Waals surface area contributed by atoms with Gasteiger partial charge in [-0.2, -0.15) is 0 Å². The second-order valence-corrected chi connectivity index (χ2v) is 6.70. The normalized spacial score (nSPS) is 19.3. The third-order valence-electron chi connectivity index (χ3n) is 4.19. The van der Waals surface area contributed by atoms with Gasteiger partial charge >= 0.3 is 5.97 Å². The van der Waals surface area contributed by atoms with Crippen LogP contribution in [0.4, 0.5) is 5.69 Å². The summed E-state index contributed by atoms with van der Waals surface area (Å²) in [4.78, 5) is 37.2. The number of amides is 2. The number of hydrogen-bond donors (Lipinski definition) is 2. The molecule has 148 valence electrons. The van der Waals surface area contributed by atoms with Gasteiger partial charge in [-0.3, -0.25) is 9.59 Å². The van der Waals surface area contributed by atoms with Crippen LogP contribution in [0.5, 0.6) is 0 Å². The van der Waals surface area contributed by atoms with Crippen molar-refractivity contribution < 1.29 is 24.2 Å². The van der Waals surface area contributed by atoms with Gasteiger partial charge in [-0.1, -0.05) is 5.21 Å². The van der Waals surface area contributed by atoms with Gasteiger partial charge in [-0.05, 0) is 38.1 Å². The van der Waals surface area contributed by atoms with E-state index in [1.165, 1.54) is 6.20 Å². The fraction of sp³-hybridized carbons (Fsp3) is 0.389. The molecule has 1 saturated heterocycles. The van der Waals surface area contributed by atoms with Crippen LogP contribution in [0.25, 0.3) is 0 Å². The molecule has 0 spiro atoms. The van der Waals surface area contributed by atoms with Crippen molar-refractivity contribution in [2.75, 3.05) is 18.4 Å². The molecule has 28 heavy (non-hydrogen) atoms. The average Bonchev–Trinajstić information content (AvgIpc) is 3.09. The number of ether oxygens (including phenoxy) is 1. The number of hydrogen-bond acceptors (Lipinski definition) is 6. The molecule has 1 aliphatic heterocycles. The Balaban J connectivity index is 1.58. The lowest BCUT2D eigenvalue weighted by Gasteiger charge is -2.35. The smallest absolute Gasteiger partial charge is 0.358 e. The summed E-state index contributed by atoms with van der Waals surface area (Å²) in [6, 6.07) is 6.59. The number of aromatic nitrogens is 3. The molecule has 0 bridgehead atoms. The summed E-state index contributed by atoms with van der Waals surface area (Å²) < 4.78 is 6.78. The predicted octanol–water partition coefficient (Wildman–Crippen LogP) is 0.864. The van der Waals surface area contributed by atoms with Crippen LogP contribution in [-0.2, 0) is 16.1 Å². The zero-order valence-electron chi connectivity index (χ0n) is 15.5. The monoisotopic (exact) mass is 387 g/mol. The van der Waals surface area contributed by atoms with Gasteiger partial charge in [0.25, 0.3) is 5.91 Å². The fourth-order valence-electron chi connectivity index (χ4n) is 3.04. The summed E-state index contributed by atoms with van der Waals surface area (Å²) >= 11 is 0. The number of benzene rings is 1. The van der Waals surface area contributed by atoms with Crippen molar-refractivity contribution in [3.8, 4) is 0 Å². The molecule has 0 saturated carbocycles. The van der Waals surface area contributed by atoms with Crippen molar-refractivity contribution in [3.63, 3.8) is 0 Å². The highest BCUT2D eigenvalue weighted by Gasteiger charge is 2.26. The van der Waals surface area contributed by atoms with Crippen LogP contribution in [0.1, 0.15) is 34.7 Å². The van der Waals surface area contributed by atoms with Crippen LogP contribution in [0.3, 0.4) is 0 Å². The molecule has 1 aromatic heterocycles. The van der Waals surface area contributed by atoms with Crippen molar-refractivity contribution in [3.05, 3.63) is 41.7 Å². The van der Waals surface area contributed by atoms with Crippen molar-refractivity contribution in [1.29, 1.82) is 0 Å². The topological polar surface area (TPSA) is 127 Å². The summed E-state index contributed by atoms with van der Waals surface area (Å²) in [7, 11) is 0. The van der Waals surface area contributed by atoms with Crippen LogP contribution >= 0.6 is 0 Å². The van der Waals surface area contributed by atoms with Crippen LogP contribution < -0.4 is 5.32 Å². The van der Waals surface area contributed by atoms with Gasteiger partial charge in [0.15, 0.2) is 5.69 Å². The number of carbonyl (C=O) groups excluding carboxylic acids is 2. The van der Waals surface area contributed by atoms with Crippen molar-refractivity contribution in [2.45, 2.75) is 32.6 Å². The second-order valence-electron chi connectivity index (χ2n) is 6.70. The number of carbonyl (C=O) groups is 3. The minimum absolute atomic E-state index is 0.00955. The summed E-state index contributed by atoms with van der Waals surface area (Å²) in [5, 5.41) is 18.5. The zero-order valence-corrected chi connectivity index (χ0v) is 15.5. The first-order valence-electron chi connectivity index (χ1n) is 8.80. The number of anilines is 1. The third-order valence-corrected chi connectivity index (χ3v) is 4.19. The minimum Gasteiger partial charge on any atom is -0.476 e. The lowest BCUT2D eigenvalue weighted by molar-refractivity contribution is -0.116. The Morgan fingerprint density at radius 1 is 1.18 bits per heavy atom. The van der Waals surface area contributed by atoms with Gasteiger partial charge in [-0.15, -0.1) is 5.10 Å². The molecule has 0 radical (unpaired) electrons. The molecular weight excluding hydrogens is 366 g/mol. The van der Waals surface area contributed by atoms with E-state index < -0.39 is 11.9 Å². The highest BCUT2D eigenvalue weighted by molar-refractivity contribution is 5.96. The van der Waals surface area contributed by atoms with Crippen molar-refractivity contribution in [1.82, 2.24) is 19.9 Å². The lowest BCUT2D eigenvalue weighted by atomic mass is 10.1. The van der Waals surface area contributed by atoms with Crippen LogP contribution in [0.15, 0.2) is 30.5 Å². The first-order valence-corrected chi connectivity index (χ1v) is 8.80. The summed E-state index contributed by atoms with van der Waals surface area (Å²) in [5.74, 6) is -1.68. The van der Waals surface area contributed by atoms with E-state index in [1.807, 2.05) is 13.8 Å². The first kappa shape index (κ1) is 19.5. The van der Waals surface area contributed by atoms with Crippen LogP contribution in [0.2, 0.25) is 0 Å². The van der Waals surface area contributed by atoms with Gasteiger partial charge in [-0.25, -0.2) is 9.48 Å². The van der Waals surface area contributed by atoms with E-state index in [-0.39, 0.29) is 30.4 Å². The van der Waals surface area contributed by atoms with E-state index in [0.717, 1.165) is 4.68 Å². The Labute approximate surface area is 161 Å². The van der Waals surface area contributed by atoms with Gasteiger partial charge < -0.3 is 20.1 Å². The number of nitrogens with zero attached hydrogens (tertiary/aromatic N) is 4. The summed E-state index contributed by atoms with van der Waals surface area (Å²) in [5.41, 5.74) is 0.813. The average molecular weight is 387 g/mol. The quantitative estimate of drug-likeness (QED) is 0.779. The number of rotatable bonds is 5. The van der Waals surface area contributed by atoms with Crippen LogP contribution in [0, 0.1) is 0 Å². The molecule has 1 fully saturated rings. The molecule has 2 aromatic rings. The molecule has 0 aliphatic carbocycles. The van der Waals surface area contributed by atoms with E-state index in [0.29, 0.717) is 24.3 Å². The van der Waals surface area contributed by atoms with Crippen molar-refractivity contribution >= 4 is 23.5 Å². The van der Waals surface area contributed by atoms with E-state index in [9.17, 15) is 14.4 Å². The molecule has 2 atom stereocenters. The van der Waals surface area contributed by atoms with Gasteiger partial charge in [0.1, 0.15) is 6.54 Å². The van der Waals surface area contributed by atoms with Gasteiger partial charge in [0, 0.05) is 24.3 Å². The van der Waals surface area contributed by atoms with Crippen LogP contribution in [-0.4, -0.2) is 68.1 Å². The number of morpholine rings is 1. The van der Waals surface area contributed by atoms with E-state index in [2.05, 4.69) is 15.6 Å². The molecule has 10 nitrogen and oxygen atoms in total. The predicted molar refractivity (Wildman–Crippen MR) is 98.0 cm³/mol. The standard InChI is InChI=1S/C18H21N5O5/c1-11-7-22(8-12(2)28-11)17(25)13-3-5-14(6-4-13)19-16(24)10-23-9-15(18(26)27)20-21-23/h3-6,9,11-12H,7-8,10H2,1-2H3,(H,19,24)(H,26,27). The zero-order chi connectivity index (χ0) is 20.3. The number of carboxylic acid groups (broad SMARTS) is 1.